The quantitative estimate of drug-likeness (QED) is 0.132. The van der Waals surface area contributed by atoms with E-state index in [4.69, 9.17) is 9.98 Å². The third kappa shape index (κ3) is 5.76. The molecule has 0 radical (unpaired) electrons. The second kappa shape index (κ2) is 13.9. The van der Waals surface area contributed by atoms with Crippen molar-refractivity contribution in [1.29, 1.82) is 5.41 Å². The summed E-state index contributed by atoms with van der Waals surface area (Å²) in [5.41, 5.74) is 12.8. The molecule has 0 amide bonds. The van der Waals surface area contributed by atoms with Gasteiger partial charge in [-0.15, -0.1) is 0 Å². The highest BCUT2D eigenvalue weighted by Crippen LogP contribution is 2.39. The normalized spacial score (nSPS) is 12.1. The maximum absolute atomic E-state index is 9.18. The molecule has 3 heterocycles. The molecule has 0 atom stereocenters. The molecular formula is C55H36N6. The Morgan fingerprint density at radius 1 is 0.426 bits per heavy atom. The second-order valence-electron chi connectivity index (χ2n) is 15.5. The van der Waals surface area contributed by atoms with Crippen molar-refractivity contribution in [3.05, 3.63) is 217 Å². The van der Waals surface area contributed by atoms with Gasteiger partial charge in [0, 0.05) is 49.4 Å². The molecule has 9 aromatic carbocycles. The summed E-state index contributed by atoms with van der Waals surface area (Å²) in [6, 6.07) is 72.4. The molecule has 2 N–H and O–H groups in total. The number of para-hydroxylation sites is 3. The van der Waals surface area contributed by atoms with Crippen LogP contribution in [0.5, 0.6) is 0 Å². The number of nitrogens with one attached hydrogen (secondary N) is 2. The summed E-state index contributed by atoms with van der Waals surface area (Å²) in [5, 5.41) is 17.4. The van der Waals surface area contributed by atoms with Crippen LogP contribution in [-0.4, -0.2) is 24.9 Å². The number of hydrogen-bond acceptors (Lipinski definition) is 2. The van der Waals surface area contributed by atoms with Gasteiger partial charge in [-0.3, -0.25) is 5.41 Å². The van der Waals surface area contributed by atoms with Crippen molar-refractivity contribution in [2.75, 3.05) is 0 Å². The minimum atomic E-state index is 0.125. The highest BCUT2D eigenvalue weighted by Gasteiger charge is 2.17. The van der Waals surface area contributed by atoms with Crippen LogP contribution < -0.4 is 5.62 Å². The van der Waals surface area contributed by atoms with E-state index in [0.29, 0.717) is 11.2 Å². The van der Waals surface area contributed by atoms with Gasteiger partial charge in [-0.25, -0.2) is 4.98 Å². The largest absolute Gasteiger partial charge is 0.323 e. The Morgan fingerprint density at radius 3 is 1.77 bits per heavy atom. The lowest BCUT2D eigenvalue weighted by Crippen LogP contribution is -2.17. The fraction of sp³-hybridized carbons (Fsp3) is 0. The molecule has 286 valence electrons. The Labute approximate surface area is 350 Å². The lowest BCUT2D eigenvalue weighted by atomic mass is 10.00. The molecule has 0 aliphatic carbocycles. The number of hydrogen-bond donors (Lipinski definition) is 2. The molecule has 0 saturated carbocycles. The molecular weight excluding hydrogens is 745 g/mol. The highest BCUT2D eigenvalue weighted by molar-refractivity contribution is 6.15. The molecule has 3 aromatic heterocycles. The van der Waals surface area contributed by atoms with Crippen LogP contribution in [0, 0.1) is 5.41 Å². The molecule has 6 heteroatoms. The third-order valence-electron chi connectivity index (χ3n) is 11.9. The number of aromatic amines is 1. The fourth-order valence-electron chi connectivity index (χ4n) is 9.12. The minimum absolute atomic E-state index is 0.125. The van der Waals surface area contributed by atoms with Crippen molar-refractivity contribution >= 4 is 71.1 Å². The number of fused-ring (bicyclic) bond motifs is 8. The number of benzene rings is 9. The number of H-pyrrole nitrogens is 1. The molecule has 12 aromatic rings. The van der Waals surface area contributed by atoms with Crippen LogP contribution in [0.4, 0.5) is 0 Å². The van der Waals surface area contributed by atoms with E-state index in [9.17, 15) is 5.41 Å². The van der Waals surface area contributed by atoms with E-state index in [-0.39, 0.29) is 5.84 Å². The van der Waals surface area contributed by atoms with Crippen LogP contribution >= 0.6 is 0 Å². The zero-order chi connectivity index (χ0) is 40.4. The Balaban J connectivity index is 0.968. The Morgan fingerprint density at radius 2 is 1.00 bits per heavy atom. The first kappa shape index (κ1) is 34.7. The van der Waals surface area contributed by atoms with E-state index < -0.39 is 0 Å². The first-order valence-electron chi connectivity index (χ1n) is 20.5. The fourth-order valence-corrected chi connectivity index (χ4v) is 9.12. The Hall–Kier alpha value is -8.35. The molecule has 6 nitrogen and oxygen atoms in total. The maximum atomic E-state index is 9.18. The summed E-state index contributed by atoms with van der Waals surface area (Å²) in [5.74, 6) is 0.125. The van der Waals surface area contributed by atoms with Crippen molar-refractivity contribution in [2.24, 2.45) is 4.99 Å². The molecule has 0 fully saturated rings. The van der Waals surface area contributed by atoms with Crippen LogP contribution in [0.3, 0.4) is 0 Å². The van der Waals surface area contributed by atoms with Gasteiger partial charge in [0.05, 0.1) is 33.3 Å². The molecule has 12 rings (SSSR count). The average Bonchev–Trinajstić information content (AvgIpc) is 3.82. The van der Waals surface area contributed by atoms with Crippen molar-refractivity contribution in [3.8, 4) is 33.8 Å². The molecule has 0 spiro atoms. The van der Waals surface area contributed by atoms with Gasteiger partial charge in [0.15, 0.2) is 5.84 Å². The van der Waals surface area contributed by atoms with Gasteiger partial charge in [0.1, 0.15) is 0 Å². The summed E-state index contributed by atoms with van der Waals surface area (Å²) in [6.07, 6.45) is 0. The van der Waals surface area contributed by atoms with Gasteiger partial charge in [-0.05, 0) is 94.7 Å². The highest BCUT2D eigenvalue weighted by atomic mass is 15.0. The Kier molecular flexibility index (Phi) is 7.90. The monoisotopic (exact) mass is 780 g/mol. The number of amidine groups is 1. The summed E-state index contributed by atoms with van der Waals surface area (Å²) < 4.78 is 4.68. The van der Waals surface area contributed by atoms with Crippen molar-refractivity contribution in [2.45, 2.75) is 0 Å². The van der Waals surface area contributed by atoms with E-state index in [0.717, 1.165) is 55.7 Å². The predicted octanol–water partition coefficient (Wildman–Crippen LogP) is 13.2. The van der Waals surface area contributed by atoms with E-state index in [2.05, 4.69) is 154 Å². The summed E-state index contributed by atoms with van der Waals surface area (Å²) >= 11 is 0. The molecule has 0 bridgehead atoms. The SMILES string of the molecule is N=C(N=c1nc(-c2ccccc2)c2ccccc2[nH]1)c1cccc(-n2c3ccccc3c3cc(-c4ccc5c(c4)c4cc6ccccc6cc4n5-c4ccccc4)ccc32)c1. The summed E-state index contributed by atoms with van der Waals surface area (Å²) in [7, 11) is 0. The maximum Gasteiger partial charge on any atom is 0.229 e. The molecule has 0 saturated heterocycles. The van der Waals surface area contributed by atoms with E-state index in [1.807, 2.05) is 66.7 Å². The van der Waals surface area contributed by atoms with Crippen LogP contribution in [0.2, 0.25) is 0 Å². The molecule has 61 heavy (non-hydrogen) atoms. The van der Waals surface area contributed by atoms with Gasteiger partial charge in [0.2, 0.25) is 5.62 Å². The van der Waals surface area contributed by atoms with Crippen LogP contribution in [0.15, 0.2) is 211 Å². The zero-order valence-electron chi connectivity index (χ0n) is 32.9. The topological polar surface area (TPSA) is 74.8 Å². The Bertz CT molecular complexity index is 3780. The standard InChI is InChI=1S/C55H36N6/c56-54(59-55-57-48-24-11-9-23-44(48)53(58-55)35-14-3-1-4-15-35)40-18-13-21-42(30-40)61-49-25-12-10-22-43(49)45-32-38(26-28-50(45)61)39-27-29-51-46(33-39)47-31-36-16-7-8-17-37(36)34-52(47)60(51)41-19-5-2-6-20-41/h1-34H,(H2,56,57,58,59). The van der Waals surface area contributed by atoms with Gasteiger partial charge in [-0.2, -0.15) is 4.99 Å². The molecule has 0 aliphatic rings. The summed E-state index contributed by atoms with van der Waals surface area (Å²) in [6.45, 7) is 0. The van der Waals surface area contributed by atoms with E-state index in [1.54, 1.807) is 0 Å². The second-order valence-corrected chi connectivity index (χ2v) is 15.5. The summed E-state index contributed by atoms with van der Waals surface area (Å²) in [4.78, 5) is 13.0. The van der Waals surface area contributed by atoms with Gasteiger partial charge in [-0.1, -0.05) is 133 Å². The van der Waals surface area contributed by atoms with E-state index >= 15 is 0 Å². The number of nitrogens with zero attached hydrogens (tertiary/aromatic N) is 4. The van der Waals surface area contributed by atoms with E-state index in [1.165, 1.54) is 43.4 Å². The molecule has 0 aliphatic heterocycles. The van der Waals surface area contributed by atoms with Gasteiger partial charge >= 0.3 is 0 Å². The first-order valence-corrected chi connectivity index (χ1v) is 20.5. The zero-order valence-corrected chi connectivity index (χ0v) is 32.9. The average molecular weight is 781 g/mol. The van der Waals surface area contributed by atoms with Crippen LogP contribution in [0.1, 0.15) is 5.56 Å². The van der Waals surface area contributed by atoms with Crippen LogP contribution in [0.25, 0.3) is 99.0 Å². The minimum Gasteiger partial charge on any atom is -0.323 e. The lowest BCUT2D eigenvalue weighted by molar-refractivity contribution is 1.05. The first-order chi connectivity index (χ1) is 30.1. The van der Waals surface area contributed by atoms with Crippen molar-refractivity contribution in [1.82, 2.24) is 19.1 Å². The number of aromatic nitrogens is 4. The number of rotatable bonds is 5. The van der Waals surface area contributed by atoms with Gasteiger partial charge in [0.25, 0.3) is 0 Å². The predicted molar refractivity (Wildman–Crippen MR) is 252 cm³/mol. The smallest absolute Gasteiger partial charge is 0.229 e. The van der Waals surface area contributed by atoms with Crippen molar-refractivity contribution < 1.29 is 0 Å². The van der Waals surface area contributed by atoms with Gasteiger partial charge < -0.3 is 14.1 Å². The van der Waals surface area contributed by atoms with Crippen molar-refractivity contribution in [3.63, 3.8) is 0 Å². The van der Waals surface area contributed by atoms with Crippen LogP contribution in [-0.2, 0) is 0 Å². The third-order valence-corrected chi connectivity index (χ3v) is 11.9. The molecule has 0 unspecified atom stereocenters. The lowest BCUT2D eigenvalue weighted by Gasteiger charge is -2.10.